The Morgan fingerprint density at radius 2 is 1.86 bits per heavy atom. The van der Waals surface area contributed by atoms with Gasteiger partial charge in [-0.1, -0.05) is 29.3 Å². The van der Waals surface area contributed by atoms with Crippen molar-refractivity contribution in [2.45, 2.75) is 18.1 Å². The van der Waals surface area contributed by atoms with Gasteiger partial charge in [0.05, 0.1) is 18.3 Å². The predicted octanol–water partition coefficient (Wildman–Crippen LogP) is 2.59. The van der Waals surface area contributed by atoms with E-state index in [0.717, 1.165) is 11.3 Å². The molecule has 0 spiro atoms. The molecular formula is C15H13Cl2N3O2. The summed E-state index contributed by atoms with van der Waals surface area (Å²) >= 11 is 12.3. The van der Waals surface area contributed by atoms with E-state index < -0.39 is 0 Å². The van der Waals surface area contributed by atoms with Gasteiger partial charge in [0.25, 0.3) is 0 Å². The normalized spacial score (nSPS) is 30.4. The van der Waals surface area contributed by atoms with Gasteiger partial charge in [0.15, 0.2) is 0 Å². The van der Waals surface area contributed by atoms with E-state index in [4.69, 9.17) is 27.6 Å². The fourth-order valence-electron chi connectivity index (χ4n) is 3.30. The Labute approximate surface area is 136 Å². The molecule has 0 saturated carbocycles. The molecule has 3 heterocycles. The van der Waals surface area contributed by atoms with Crippen LogP contribution in [0.2, 0.25) is 10.0 Å². The minimum Gasteiger partial charge on any atom is -0.468 e. The molecule has 3 N–H and O–H groups in total. The van der Waals surface area contributed by atoms with Crippen molar-refractivity contribution in [3.05, 3.63) is 58.0 Å². The molecule has 2 aromatic rings. The fraction of sp³-hybridized carbons (Fsp3) is 0.267. The topological polar surface area (TPSA) is 66.3 Å². The number of hydrazine groups is 1. The van der Waals surface area contributed by atoms with Crippen molar-refractivity contribution in [1.82, 2.24) is 16.2 Å². The molecule has 1 aromatic heterocycles. The lowest BCUT2D eigenvalue weighted by molar-refractivity contribution is -0.121. The molecule has 1 amide bonds. The molecule has 2 aliphatic heterocycles. The van der Waals surface area contributed by atoms with Crippen LogP contribution in [0.25, 0.3) is 0 Å². The standard InChI is InChI=1S/C15H13Cl2N3O2/c16-7-3-4-8(9(17)6-7)12-11-13(10-2-1-5-22-10)19-20-14(11)15(21)18-12/h1-6,11-14,19-20H,(H,18,21). The molecular weight excluding hydrogens is 325 g/mol. The molecule has 22 heavy (non-hydrogen) atoms. The van der Waals surface area contributed by atoms with Gasteiger partial charge >= 0.3 is 0 Å². The first-order chi connectivity index (χ1) is 10.6. The number of carbonyl (C=O) groups excluding carboxylic acids is 1. The average Bonchev–Trinajstić information content (AvgIpc) is 3.18. The Balaban J connectivity index is 1.74. The van der Waals surface area contributed by atoms with Crippen LogP contribution >= 0.6 is 23.2 Å². The van der Waals surface area contributed by atoms with E-state index in [9.17, 15) is 4.79 Å². The van der Waals surface area contributed by atoms with Crippen LogP contribution < -0.4 is 16.2 Å². The largest absolute Gasteiger partial charge is 0.468 e. The van der Waals surface area contributed by atoms with Crippen molar-refractivity contribution in [2.75, 3.05) is 0 Å². The molecule has 5 nitrogen and oxygen atoms in total. The number of halogens is 2. The molecule has 1 aromatic carbocycles. The number of hydrogen-bond acceptors (Lipinski definition) is 4. The number of hydrogen-bond donors (Lipinski definition) is 3. The fourth-order valence-corrected chi connectivity index (χ4v) is 3.82. The third kappa shape index (κ3) is 2.13. The highest BCUT2D eigenvalue weighted by atomic mass is 35.5. The van der Waals surface area contributed by atoms with Crippen LogP contribution in [0.4, 0.5) is 0 Å². The number of amides is 1. The van der Waals surface area contributed by atoms with Gasteiger partial charge in [-0.25, -0.2) is 10.9 Å². The Morgan fingerprint density at radius 3 is 2.59 bits per heavy atom. The van der Waals surface area contributed by atoms with Crippen molar-refractivity contribution >= 4 is 29.1 Å². The van der Waals surface area contributed by atoms with E-state index in [1.54, 1.807) is 18.4 Å². The van der Waals surface area contributed by atoms with Gasteiger partial charge in [-0.05, 0) is 29.8 Å². The summed E-state index contributed by atoms with van der Waals surface area (Å²) in [7, 11) is 0. The molecule has 4 atom stereocenters. The predicted molar refractivity (Wildman–Crippen MR) is 82.3 cm³/mol. The molecule has 4 unspecified atom stereocenters. The Bertz CT molecular complexity index is 720. The summed E-state index contributed by atoms with van der Waals surface area (Å²) in [4.78, 5) is 12.2. The van der Waals surface area contributed by atoms with Crippen molar-refractivity contribution < 1.29 is 9.21 Å². The molecule has 114 valence electrons. The van der Waals surface area contributed by atoms with Crippen LogP contribution in [0, 0.1) is 5.92 Å². The zero-order valence-corrected chi connectivity index (χ0v) is 12.9. The maximum Gasteiger partial charge on any atom is 0.239 e. The zero-order valence-electron chi connectivity index (χ0n) is 11.3. The summed E-state index contributed by atoms with van der Waals surface area (Å²) in [6, 6.07) is 8.40. The zero-order chi connectivity index (χ0) is 15.3. The minimum absolute atomic E-state index is 0.0441. The van der Waals surface area contributed by atoms with Gasteiger partial charge < -0.3 is 9.73 Å². The minimum atomic E-state index is -0.327. The first-order valence-electron chi connectivity index (χ1n) is 6.95. The molecule has 4 rings (SSSR count). The van der Waals surface area contributed by atoms with E-state index in [1.807, 2.05) is 18.2 Å². The van der Waals surface area contributed by atoms with Crippen LogP contribution in [0.3, 0.4) is 0 Å². The quantitative estimate of drug-likeness (QED) is 0.788. The van der Waals surface area contributed by atoms with Crippen molar-refractivity contribution in [2.24, 2.45) is 5.92 Å². The smallest absolute Gasteiger partial charge is 0.239 e. The lowest BCUT2D eigenvalue weighted by atomic mass is 9.86. The van der Waals surface area contributed by atoms with Crippen molar-refractivity contribution in [3.8, 4) is 0 Å². The number of rotatable bonds is 2. The van der Waals surface area contributed by atoms with Gasteiger partial charge in [0.1, 0.15) is 11.8 Å². The lowest BCUT2D eigenvalue weighted by Crippen LogP contribution is -2.39. The number of carbonyl (C=O) groups is 1. The second-order valence-corrected chi connectivity index (χ2v) is 6.33. The summed E-state index contributed by atoms with van der Waals surface area (Å²) in [6.45, 7) is 0. The first-order valence-corrected chi connectivity index (χ1v) is 7.70. The Morgan fingerprint density at radius 1 is 1.05 bits per heavy atom. The molecule has 0 aliphatic carbocycles. The summed E-state index contributed by atoms with van der Waals surface area (Å²) < 4.78 is 5.50. The highest BCUT2D eigenvalue weighted by molar-refractivity contribution is 6.35. The Hall–Kier alpha value is -1.53. The summed E-state index contributed by atoms with van der Waals surface area (Å²) in [6.07, 6.45) is 1.62. The average molecular weight is 338 g/mol. The summed E-state index contributed by atoms with van der Waals surface area (Å²) in [5, 5.41) is 4.13. The number of nitrogens with one attached hydrogen (secondary N) is 3. The lowest BCUT2D eigenvalue weighted by Gasteiger charge is -2.23. The maximum absolute atomic E-state index is 12.2. The van der Waals surface area contributed by atoms with E-state index in [2.05, 4.69) is 16.2 Å². The van der Waals surface area contributed by atoms with Crippen molar-refractivity contribution in [1.29, 1.82) is 0 Å². The molecule has 0 bridgehead atoms. The molecule has 7 heteroatoms. The van der Waals surface area contributed by atoms with E-state index in [1.165, 1.54) is 0 Å². The van der Waals surface area contributed by atoms with E-state index >= 15 is 0 Å². The summed E-state index contributed by atoms with van der Waals surface area (Å²) in [5.74, 6) is 0.687. The third-order valence-electron chi connectivity index (χ3n) is 4.28. The Kier molecular flexibility index (Phi) is 3.38. The summed E-state index contributed by atoms with van der Waals surface area (Å²) in [5.41, 5.74) is 7.05. The van der Waals surface area contributed by atoms with Crippen LogP contribution in [-0.4, -0.2) is 11.9 Å². The molecule has 0 radical (unpaired) electrons. The van der Waals surface area contributed by atoms with Gasteiger partial charge in [-0.3, -0.25) is 4.79 Å². The number of fused-ring (bicyclic) bond motifs is 1. The van der Waals surface area contributed by atoms with Gasteiger partial charge in [-0.15, -0.1) is 0 Å². The maximum atomic E-state index is 12.2. The highest BCUT2D eigenvalue weighted by Gasteiger charge is 2.52. The van der Waals surface area contributed by atoms with E-state index in [-0.39, 0.29) is 30.0 Å². The van der Waals surface area contributed by atoms with Crippen LogP contribution in [0.1, 0.15) is 23.4 Å². The number of benzene rings is 1. The molecule has 2 fully saturated rings. The second-order valence-electron chi connectivity index (χ2n) is 5.49. The monoisotopic (exact) mass is 337 g/mol. The van der Waals surface area contributed by atoms with Crippen molar-refractivity contribution in [3.63, 3.8) is 0 Å². The SMILES string of the molecule is O=C1NC(c2ccc(Cl)cc2Cl)C2C1NNC2c1ccco1. The third-order valence-corrected chi connectivity index (χ3v) is 4.84. The second kappa shape index (κ2) is 5.28. The molecule has 2 saturated heterocycles. The molecule has 2 aliphatic rings. The van der Waals surface area contributed by atoms with Gasteiger partial charge in [0.2, 0.25) is 5.91 Å². The van der Waals surface area contributed by atoms with Crippen LogP contribution in [0.15, 0.2) is 41.0 Å². The van der Waals surface area contributed by atoms with Gasteiger partial charge in [0, 0.05) is 16.0 Å². The van der Waals surface area contributed by atoms with Crippen LogP contribution in [-0.2, 0) is 4.79 Å². The highest BCUT2D eigenvalue weighted by Crippen LogP contribution is 2.44. The van der Waals surface area contributed by atoms with Crippen LogP contribution in [0.5, 0.6) is 0 Å². The number of furan rings is 1. The van der Waals surface area contributed by atoms with Gasteiger partial charge in [-0.2, -0.15) is 0 Å². The van der Waals surface area contributed by atoms with E-state index in [0.29, 0.717) is 10.0 Å². The first kappa shape index (κ1) is 14.1.